The van der Waals surface area contributed by atoms with Gasteiger partial charge in [0.25, 0.3) is 0 Å². The van der Waals surface area contributed by atoms with Gasteiger partial charge < -0.3 is 29.7 Å². The van der Waals surface area contributed by atoms with Gasteiger partial charge in [-0.3, -0.25) is 4.99 Å². The van der Waals surface area contributed by atoms with Crippen molar-refractivity contribution in [2.24, 2.45) is 4.99 Å². The number of carbonyl (C=O) groups excluding carboxylic acids is 1. The average Bonchev–Trinajstić information content (AvgIpc) is 2.77. The van der Waals surface area contributed by atoms with Gasteiger partial charge in [0.1, 0.15) is 0 Å². The lowest BCUT2D eigenvalue weighted by molar-refractivity contribution is 0.0963. The molecule has 0 unspecified atom stereocenters. The molecule has 1 aliphatic rings. The number of aryl methyl sites for hydroxylation is 1. The minimum absolute atomic E-state index is 0. The van der Waals surface area contributed by atoms with E-state index in [2.05, 4.69) is 21.7 Å². The largest absolute Gasteiger partial charge is 0.493 e. The van der Waals surface area contributed by atoms with Crippen LogP contribution in [0, 0.1) is 0 Å². The lowest BCUT2D eigenvalue weighted by Crippen LogP contribution is -2.50. The maximum absolute atomic E-state index is 11.8. The first-order valence-corrected chi connectivity index (χ1v) is 10.8. The minimum Gasteiger partial charge on any atom is -0.493 e. The van der Waals surface area contributed by atoms with E-state index in [1.54, 1.807) is 19.1 Å². The van der Waals surface area contributed by atoms with E-state index >= 15 is 0 Å². The van der Waals surface area contributed by atoms with Crippen molar-refractivity contribution in [3.63, 3.8) is 0 Å². The van der Waals surface area contributed by atoms with Gasteiger partial charge in [0.15, 0.2) is 17.5 Å². The molecule has 9 heteroatoms. The van der Waals surface area contributed by atoms with Crippen molar-refractivity contribution in [2.45, 2.75) is 45.6 Å². The summed E-state index contributed by atoms with van der Waals surface area (Å²) in [5.74, 6) is 2.35. The Bertz CT molecular complexity index is 694. The number of rotatable bonds is 9. The van der Waals surface area contributed by atoms with Gasteiger partial charge in [-0.15, -0.1) is 24.0 Å². The molecule has 1 aromatic carbocycles. The van der Waals surface area contributed by atoms with Crippen LogP contribution in [0.15, 0.2) is 23.2 Å². The number of ether oxygens (including phenoxy) is 3. The molecule has 1 fully saturated rings. The van der Waals surface area contributed by atoms with Crippen LogP contribution in [0.3, 0.4) is 0 Å². The second-order valence-electron chi connectivity index (χ2n) is 7.13. The number of likely N-dealkylation sites (tertiary alicyclic amines) is 1. The topological polar surface area (TPSA) is 84.4 Å². The fourth-order valence-electron chi connectivity index (χ4n) is 3.45. The highest BCUT2D eigenvalue weighted by atomic mass is 127. The quantitative estimate of drug-likeness (QED) is 0.213. The summed E-state index contributed by atoms with van der Waals surface area (Å²) in [7, 11) is 3.43. The molecule has 0 spiro atoms. The maximum Gasteiger partial charge on any atom is 0.409 e. The number of hydrogen-bond donors (Lipinski definition) is 2. The van der Waals surface area contributed by atoms with Gasteiger partial charge in [0.2, 0.25) is 0 Å². The third-order valence-electron chi connectivity index (χ3n) is 5.05. The molecule has 0 saturated carbocycles. The normalized spacial score (nSPS) is 14.5. The molecule has 0 bridgehead atoms. The zero-order chi connectivity index (χ0) is 21.8. The number of piperidine rings is 1. The van der Waals surface area contributed by atoms with E-state index in [1.807, 2.05) is 26.0 Å². The maximum atomic E-state index is 11.8. The van der Waals surface area contributed by atoms with E-state index in [1.165, 1.54) is 5.56 Å². The Labute approximate surface area is 203 Å². The fraction of sp³-hybridized carbons (Fsp3) is 0.636. The number of benzene rings is 1. The molecule has 2 rings (SSSR count). The molecule has 8 nitrogen and oxygen atoms in total. The Hall–Kier alpha value is -1.91. The monoisotopic (exact) mass is 548 g/mol. The van der Waals surface area contributed by atoms with E-state index in [-0.39, 0.29) is 30.1 Å². The molecule has 2 N–H and O–H groups in total. The summed E-state index contributed by atoms with van der Waals surface area (Å²) < 4.78 is 16.1. The molecule has 0 aromatic heterocycles. The Balaban J connectivity index is 0.00000480. The van der Waals surface area contributed by atoms with Crippen molar-refractivity contribution in [1.29, 1.82) is 0 Å². The van der Waals surface area contributed by atoms with Crippen molar-refractivity contribution in [2.75, 3.05) is 47.0 Å². The smallest absolute Gasteiger partial charge is 0.409 e. The molecule has 176 valence electrons. The van der Waals surface area contributed by atoms with Crippen LogP contribution in [-0.2, 0) is 11.2 Å². The van der Waals surface area contributed by atoms with Crippen molar-refractivity contribution in [3.05, 3.63) is 23.8 Å². The molecule has 0 aliphatic carbocycles. The standard InChI is InChI=1S/C22H36N4O4.HI/c1-5-29-20-16-17(9-10-19(20)28-4)8-7-13-24-21(23-3)25-18-11-14-26(15-12-18)22(27)30-6-2;/h9-10,16,18H,5-8,11-15H2,1-4H3,(H2,23,24,25);1H. The molecule has 0 radical (unpaired) electrons. The van der Waals surface area contributed by atoms with Crippen molar-refractivity contribution in [1.82, 2.24) is 15.5 Å². The van der Waals surface area contributed by atoms with E-state index < -0.39 is 0 Å². The first kappa shape index (κ1) is 27.1. The third-order valence-corrected chi connectivity index (χ3v) is 5.05. The fourth-order valence-corrected chi connectivity index (χ4v) is 3.45. The Kier molecular flexibility index (Phi) is 13.1. The molecule has 1 saturated heterocycles. The van der Waals surface area contributed by atoms with Gasteiger partial charge in [-0.05, 0) is 57.2 Å². The number of amides is 1. The average molecular weight is 548 g/mol. The van der Waals surface area contributed by atoms with Crippen molar-refractivity contribution in [3.8, 4) is 11.5 Å². The van der Waals surface area contributed by atoms with Crippen LogP contribution in [0.25, 0.3) is 0 Å². The molecule has 1 heterocycles. The van der Waals surface area contributed by atoms with Crippen LogP contribution in [-0.4, -0.2) is 70.0 Å². The van der Waals surface area contributed by atoms with Crippen molar-refractivity contribution >= 4 is 36.0 Å². The minimum atomic E-state index is -0.218. The molecular formula is C22H37IN4O4. The number of guanidine groups is 1. The second-order valence-corrected chi connectivity index (χ2v) is 7.13. The Morgan fingerprint density at radius 1 is 1.19 bits per heavy atom. The Morgan fingerprint density at radius 3 is 2.55 bits per heavy atom. The predicted octanol–water partition coefficient (Wildman–Crippen LogP) is 3.43. The first-order chi connectivity index (χ1) is 14.6. The molecule has 1 amide bonds. The number of hydrogen-bond acceptors (Lipinski definition) is 5. The zero-order valence-electron chi connectivity index (χ0n) is 19.1. The van der Waals surface area contributed by atoms with Gasteiger partial charge in [-0.2, -0.15) is 0 Å². The zero-order valence-corrected chi connectivity index (χ0v) is 21.4. The second kappa shape index (κ2) is 15.0. The van der Waals surface area contributed by atoms with Crippen molar-refractivity contribution < 1.29 is 19.0 Å². The molecular weight excluding hydrogens is 511 g/mol. The lowest BCUT2D eigenvalue weighted by Gasteiger charge is -2.32. The molecule has 1 aliphatic heterocycles. The van der Waals surface area contributed by atoms with E-state index in [9.17, 15) is 4.79 Å². The number of nitrogens with one attached hydrogen (secondary N) is 2. The SMILES string of the molecule is CCOC(=O)N1CCC(NC(=NC)NCCCc2ccc(OC)c(OCC)c2)CC1.I. The number of nitrogens with zero attached hydrogens (tertiary/aromatic N) is 2. The summed E-state index contributed by atoms with van der Waals surface area (Å²) in [4.78, 5) is 17.9. The summed E-state index contributed by atoms with van der Waals surface area (Å²) in [6.45, 7) is 7.04. The van der Waals surface area contributed by atoms with Crippen LogP contribution in [0.5, 0.6) is 11.5 Å². The van der Waals surface area contributed by atoms with Crippen LogP contribution in [0.2, 0.25) is 0 Å². The predicted molar refractivity (Wildman–Crippen MR) is 134 cm³/mol. The number of carbonyl (C=O) groups is 1. The molecule has 1 aromatic rings. The van der Waals surface area contributed by atoms with Crippen LogP contribution in [0.1, 0.15) is 38.7 Å². The van der Waals surface area contributed by atoms with Crippen LogP contribution >= 0.6 is 24.0 Å². The lowest BCUT2D eigenvalue weighted by atomic mass is 10.1. The van der Waals surface area contributed by atoms with Gasteiger partial charge in [0.05, 0.1) is 20.3 Å². The molecule has 0 atom stereocenters. The van der Waals surface area contributed by atoms with Gasteiger partial charge >= 0.3 is 6.09 Å². The summed E-state index contributed by atoms with van der Waals surface area (Å²) in [5.41, 5.74) is 1.22. The van der Waals surface area contributed by atoms with E-state index in [4.69, 9.17) is 14.2 Å². The van der Waals surface area contributed by atoms with Crippen LogP contribution < -0.4 is 20.1 Å². The van der Waals surface area contributed by atoms with Gasteiger partial charge in [-0.25, -0.2) is 4.79 Å². The first-order valence-electron chi connectivity index (χ1n) is 10.8. The van der Waals surface area contributed by atoms with E-state index in [0.29, 0.717) is 32.3 Å². The number of methoxy groups -OCH3 is 1. The summed E-state index contributed by atoms with van der Waals surface area (Å²) in [5, 5.41) is 6.84. The third kappa shape index (κ3) is 9.00. The van der Waals surface area contributed by atoms with Gasteiger partial charge in [0, 0.05) is 32.7 Å². The molecule has 31 heavy (non-hydrogen) atoms. The Morgan fingerprint density at radius 2 is 1.94 bits per heavy atom. The summed E-state index contributed by atoms with van der Waals surface area (Å²) in [6.07, 6.45) is 3.45. The summed E-state index contributed by atoms with van der Waals surface area (Å²) >= 11 is 0. The number of aliphatic imine (C=N–C) groups is 1. The highest BCUT2D eigenvalue weighted by Gasteiger charge is 2.23. The highest BCUT2D eigenvalue weighted by Crippen LogP contribution is 2.28. The number of halogens is 1. The summed E-state index contributed by atoms with van der Waals surface area (Å²) in [6, 6.07) is 6.38. The highest BCUT2D eigenvalue weighted by molar-refractivity contribution is 14.0. The van der Waals surface area contributed by atoms with Gasteiger partial charge in [-0.1, -0.05) is 6.07 Å². The van der Waals surface area contributed by atoms with Crippen LogP contribution in [0.4, 0.5) is 4.79 Å². The van der Waals surface area contributed by atoms with E-state index in [0.717, 1.165) is 49.7 Å².